The lowest BCUT2D eigenvalue weighted by Gasteiger charge is -1.85. The molecule has 0 amide bonds. The van der Waals surface area contributed by atoms with Crippen molar-refractivity contribution in [2.24, 2.45) is 0 Å². The van der Waals surface area contributed by atoms with Gasteiger partial charge < -0.3 is 4.79 Å². The fourth-order valence-corrected chi connectivity index (χ4v) is 0. The predicted molar refractivity (Wildman–Crippen MR) is 36.5 cm³/mol. The molecule has 0 aliphatic carbocycles. The summed E-state index contributed by atoms with van der Waals surface area (Å²) in [6, 6.07) is 0. The van der Waals surface area contributed by atoms with Gasteiger partial charge in [-0.3, -0.25) is 30.4 Å². The van der Waals surface area contributed by atoms with Crippen molar-refractivity contribution in [2.45, 2.75) is 0 Å². The van der Waals surface area contributed by atoms with Gasteiger partial charge >= 0.3 is 0 Å². The Morgan fingerprint density at radius 1 is 1.67 bits per heavy atom. The van der Waals surface area contributed by atoms with E-state index in [1.54, 1.807) is 0 Å². The average Bonchev–Trinajstić information content (AvgIpc) is 1.36. The minimum Gasteiger partial charge on any atom is -0.312 e. The van der Waals surface area contributed by atoms with Crippen molar-refractivity contribution in [3.63, 3.8) is 0 Å². The molecule has 0 aromatic carbocycles. The standard InChI is InChI=1S/CHOS4/c2-1(3)6(4)5/h(H,2,3)/q-1. The van der Waals surface area contributed by atoms with Crippen LogP contribution in [0.25, 0.3) is 0 Å². The number of carbonyl (C=O) groups is 1. The van der Waals surface area contributed by atoms with E-state index in [9.17, 15) is 4.79 Å². The van der Waals surface area contributed by atoms with Gasteiger partial charge in [-0.1, -0.05) is 0 Å². The molecule has 1 nitrogen and oxygen atoms in total. The van der Waals surface area contributed by atoms with Crippen molar-refractivity contribution in [2.75, 3.05) is 0 Å². The first-order valence-electron chi connectivity index (χ1n) is 0.965. The van der Waals surface area contributed by atoms with Gasteiger partial charge in [0.1, 0.15) is 4.45 Å². The van der Waals surface area contributed by atoms with E-state index in [1.165, 1.54) is 0 Å². The van der Waals surface area contributed by atoms with Gasteiger partial charge in [0, 0.05) is 0 Å². The van der Waals surface area contributed by atoms with Crippen LogP contribution < -0.4 is 0 Å². The first-order valence-corrected chi connectivity index (χ1v) is 4.49. The summed E-state index contributed by atoms with van der Waals surface area (Å²) in [7, 11) is -0.975. The van der Waals surface area contributed by atoms with Crippen molar-refractivity contribution < 1.29 is 4.79 Å². The summed E-state index contributed by atoms with van der Waals surface area (Å²) in [6.45, 7) is 0. The minimum atomic E-state index is -0.975. The van der Waals surface area contributed by atoms with Gasteiger partial charge in [-0.05, 0) is 0 Å². The molecular formula is CHOS4-. The summed E-state index contributed by atoms with van der Waals surface area (Å²) >= 11 is 12.0. The predicted octanol–water partition coefficient (Wildman–Crippen LogP) is 0.578. The molecule has 0 aliphatic heterocycles. The second-order valence-electron chi connectivity index (χ2n) is 0.501. The van der Waals surface area contributed by atoms with Crippen molar-refractivity contribution in [1.82, 2.24) is 0 Å². The molecule has 0 fully saturated rings. The fourth-order valence-electron chi connectivity index (χ4n) is 0. The van der Waals surface area contributed by atoms with E-state index in [0.717, 1.165) is 0 Å². The van der Waals surface area contributed by atoms with Crippen molar-refractivity contribution in [3.05, 3.63) is 0 Å². The highest BCUT2D eigenvalue weighted by Crippen LogP contribution is 1.79. The SMILES string of the molecule is O=C(S)[S-](=S)=S. The van der Waals surface area contributed by atoms with Gasteiger partial charge in [-0.25, -0.2) is 0 Å². The molecule has 0 heterocycles. The largest absolute Gasteiger partial charge is 0.312 e. The molecular weight excluding hydrogens is 156 g/mol. The van der Waals surface area contributed by atoms with Crippen molar-refractivity contribution in [3.8, 4) is 0 Å². The van der Waals surface area contributed by atoms with E-state index in [4.69, 9.17) is 0 Å². The maximum Gasteiger partial charge on any atom is 0.109 e. The van der Waals surface area contributed by atoms with Crippen LogP contribution >= 0.6 is 12.6 Å². The molecule has 0 rings (SSSR count). The zero-order valence-electron chi connectivity index (χ0n) is 2.58. The van der Waals surface area contributed by atoms with Crippen LogP contribution in [0.4, 0.5) is 4.79 Å². The van der Waals surface area contributed by atoms with Crippen LogP contribution in [0.1, 0.15) is 0 Å². The zero-order valence-corrected chi connectivity index (χ0v) is 5.92. The number of hydrogen-bond acceptors (Lipinski definition) is 4. The molecule has 0 aromatic rings. The maximum absolute atomic E-state index is 9.81. The topological polar surface area (TPSA) is 17.1 Å². The van der Waals surface area contributed by atoms with Gasteiger partial charge in [0.2, 0.25) is 0 Å². The summed E-state index contributed by atoms with van der Waals surface area (Å²) in [5.74, 6) is 0. The Morgan fingerprint density at radius 2 is 1.83 bits per heavy atom. The van der Waals surface area contributed by atoms with Gasteiger partial charge in [0.15, 0.2) is 0 Å². The maximum atomic E-state index is 9.81. The normalized spacial score (nSPS) is 9.00. The monoisotopic (exact) mass is 157 g/mol. The molecule has 5 heteroatoms. The molecule has 0 radical (unpaired) electrons. The van der Waals surface area contributed by atoms with E-state index >= 15 is 0 Å². The van der Waals surface area contributed by atoms with Crippen molar-refractivity contribution in [1.29, 1.82) is 0 Å². The number of hydrogen-bond donors (Lipinski definition) is 1. The fraction of sp³-hybridized carbons (Fsp3) is 0. The van der Waals surface area contributed by atoms with Crippen LogP contribution in [-0.4, -0.2) is 4.45 Å². The van der Waals surface area contributed by atoms with Crippen LogP contribution in [-0.2, 0) is 30.4 Å². The van der Waals surface area contributed by atoms with Crippen LogP contribution in [0, 0.1) is 0 Å². The summed E-state index contributed by atoms with van der Waals surface area (Å²) in [4.78, 5) is 9.81. The third-order valence-corrected chi connectivity index (χ3v) is 2.62. The molecule has 0 saturated heterocycles. The second-order valence-corrected chi connectivity index (χ2v) is 4.68. The molecule has 0 aromatic heterocycles. The van der Waals surface area contributed by atoms with Gasteiger partial charge in [0.05, 0.1) is 0 Å². The average molecular weight is 157 g/mol. The second kappa shape index (κ2) is 2.90. The zero-order chi connectivity index (χ0) is 5.15. The Balaban J connectivity index is 3.94. The minimum absolute atomic E-state index is 0.389. The Labute approximate surface area is 52.4 Å². The number of thiol groups is 1. The summed E-state index contributed by atoms with van der Waals surface area (Å²) in [5.41, 5.74) is 0. The molecule has 0 unspecified atom stereocenters. The Bertz CT molecular complexity index is 114. The van der Waals surface area contributed by atoms with Crippen LogP contribution in [0.2, 0.25) is 0 Å². The van der Waals surface area contributed by atoms with E-state index in [2.05, 4.69) is 35.0 Å². The molecule has 0 aliphatic rings. The van der Waals surface area contributed by atoms with E-state index in [-0.39, 0.29) is 4.45 Å². The third kappa shape index (κ3) is 3.02. The van der Waals surface area contributed by atoms with E-state index < -0.39 is 8.01 Å². The van der Waals surface area contributed by atoms with Crippen molar-refractivity contribution >= 4 is 47.5 Å². The van der Waals surface area contributed by atoms with E-state index in [0.29, 0.717) is 0 Å². The first-order chi connectivity index (χ1) is 2.64. The van der Waals surface area contributed by atoms with Gasteiger partial charge in [-0.15, -0.1) is 12.6 Å². The van der Waals surface area contributed by atoms with Crippen LogP contribution in [0.5, 0.6) is 0 Å². The number of carbonyl (C=O) groups excluding carboxylic acids is 1. The van der Waals surface area contributed by atoms with E-state index in [1.807, 2.05) is 0 Å². The molecule has 0 atom stereocenters. The highest BCUT2D eigenvalue weighted by molar-refractivity contribution is 8.59. The third-order valence-electron chi connectivity index (χ3n) is 0.143. The highest BCUT2D eigenvalue weighted by Gasteiger charge is 1.65. The molecule has 36 valence electrons. The molecule has 0 spiro atoms. The smallest absolute Gasteiger partial charge is 0.109 e. The molecule has 0 N–H and O–H groups in total. The van der Waals surface area contributed by atoms with Crippen LogP contribution in [0.15, 0.2) is 0 Å². The molecule has 0 saturated carbocycles. The summed E-state index contributed by atoms with van der Waals surface area (Å²) in [5, 5.41) is 0. The Kier molecular flexibility index (Phi) is 3.29. The Morgan fingerprint density at radius 3 is 1.83 bits per heavy atom. The van der Waals surface area contributed by atoms with Gasteiger partial charge in [-0.2, -0.15) is 0 Å². The Hall–Kier alpha value is 0.810. The molecule has 6 heavy (non-hydrogen) atoms. The quantitative estimate of drug-likeness (QED) is 0.409. The summed E-state index contributed by atoms with van der Waals surface area (Å²) in [6.07, 6.45) is 0. The van der Waals surface area contributed by atoms with Crippen LogP contribution in [0.3, 0.4) is 0 Å². The first kappa shape index (κ1) is 6.81. The lowest BCUT2D eigenvalue weighted by molar-refractivity contribution is 0.277. The lowest BCUT2D eigenvalue weighted by atomic mass is 11.8. The summed E-state index contributed by atoms with van der Waals surface area (Å²) < 4.78 is -0.389. The highest BCUT2D eigenvalue weighted by atomic mass is 33.1. The number of rotatable bonds is 0. The molecule has 0 bridgehead atoms. The lowest BCUT2D eigenvalue weighted by Crippen LogP contribution is -1.76. The van der Waals surface area contributed by atoms with Gasteiger partial charge in [0.25, 0.3) is 0 Å².